The molecule has 0 radical (unpaired) electrons. The van der Waals surface area contributed by atoms with E-state index >= 15 is 0 Å². The maximum absolute atomic E-state index is 11.1. The first kappa shape index (κ1) is 12.4. The van der Waals surface area contributed by atoms with Gasteiger partial charge in [0.1, 0.15) is 0 Å². The maximum atomic E-state index is 11.1. The smallest absolute Gasteiger partial charge is 0.235 e. The van der Waals surface area contributed by atoms with E-state index in [2.05, 4.69) is 35.0 Å². The summed E-state index contributed by atoms with van der Waals surface area (Å²) in [7, 11) is 0. The summed E-state index contributed by atoms with van der Waals surface area (Å²) in [5.41, 5.74) is 3.14. The van der Waals surface area contributed by atoms with E-state index in [1.165, 1.54) is 10.8 Å². The lowest BCUT2D eigenvalue weighted by Gasteiger charge is -2.14. The quantitative estimate of drug-likeness (QED) is 0.437. The fourth-order valence-electron chi connectivity index (χ4n) is 1.95. The number of carbonyl (C=O) groups is 1. The summed E-state index contributed by atoms with van der Waals surface area (Å²) in [6.07, 6.45) is 0.351. The van der Waals surface area contributed by atoms with Gasteiger partial charge in [0.05, 0.1) is 0 Å². The average Bonchev–Trinajstić information content (AvgIpc) is 2.38. The predicted octanol–water partition coefficient (Wildman–Crippen LogP) is 2.02. The van der Waals surface area contributed by atoms with Crippen LogP contribution >= 0.6 is 0 Å². The topological polar surface area (TPSA) is 67.2 Å². The molecule has 0 fully saturated rings. The van der Waals surface area contributed by atoms with E-state index in [0.717, 1.165) is 5.69 Å². The van der Waals surface area contributed by atoms with Gasteiger partial charge in [-0.05, 0) is 29.8 Å². The second-order valence-electron chi connectivity index (χ2n) is 4.38. The molecular formula is C14H17N3O. The highest BCUT2D eigenvalue weighted by Gasteiger charge is 2.07. The Bertz CT molecular complexity index is 553. The summed E-state index contributed by atoms with van der Waals surface area (Å²) in [5, 5.41) is 5.67. The monoisotopic (exact) mass is 243 g/mol. The average molecular weight is 243 g/mol. The van der Waals surface area contributed by atoms with Gasteiger partial charge in [0, 0.05) is 18.2 Å². The first-order valence-corrected chi connectivity index (χ1v) is 5.94. The molecular weight excluding hydrogens is 226 g/mol. The van der Waals surface area contributed by atoms with Gasteiger partial charge in [0.25, 0.3) is 0 Å². The van der Waals surface area contributed by atoms with Gasteiger partial charge in [-0.2, -0.15) is 0 Å². The SMILES string of the molecule is C[C@H](CC(=O)NN)Nc1ccc2ccccc2c1. The zero-order chi connectivity index (χ0) is 13.0. The number of benzene rings is 2. The van der Waals surface area contributed by atoms with Crippen molar-refractivity contribution in [3.05, 3.63) is 42.5 Å². The van der Waals surface area contributed by atoms with Gasteiger partial charge < -0.3 is 5.32 Å². The van der Waals surface area contributed by atoms with Crippen LogP contribution in [0.1, 0.15) is 13.3 Å². The summed E-state index contributed by atoms with van der Waals surface area (Å²) in [5.74, 6) is 4.89. The molecule has 4 N–H and O–H groups in total. The number of nitrogens with one attached hydrogen (secondary N) is 2. The van der Waals surface area contributed by atoms with Crippen molar-refractivity contribution in [3.63, 3.8) is 0 Å². The van der Waals surface area contributed by atoms with Crippen molar-refractivity contribution in [2.75, 3.05) is 5.32 Å². The van der Waals surface area contributed by atoms with Crippen LogP contribution in [0.3, 0.4) is 0 Å². The molecule has 1 atom stereocenters. The van der Waals surface area contributed by atoms with E-state index < -0.39 is 0 Å². The van der Waals surface area contributed by atoms with Crippen molar-refractivity contribution in [1.29, 1.82) is 0 Å². The number of fused-ring (bicyclic) bond motifs is 1. The van der Waals surface area contributed by atoms with Crippen LogP contribution in [0.25, 0.3) is 10.8 Å². The number of hydrogen-bond donors (Lipinski definition) is 3. The summed E-state index contributed by atoms with van der Waals surface area (Å²) in [6, 6.07) is 14.4. The minimum atomic E-state index is -0.171. The predicted molar refractivity (Wildman–Crippen MR) is 74.0 cm³/mol. The summed E-state index contributed by atoms with van der Waals surface area (Å²) >= 11 is 0. The number of amides is 1. The number of rotatable bonds is 4. The molecule has 4 heteroatoms. The zero-order valence-corrected chi connectivity index (χ0v) is 10.3. The third kappa shape index (κ3) is 2.99. The van der Waals surface area contributed by atoms with Crippen molar-refractivity contribution in [2.45, 2.75) is 19.4 Å². The molecule has 2 rings (SSSR count). The van der Waals surface area contributed by atoms with Crippen LogP contribution in [0.4, 0.5) is 5.69 Å². The first-order chi connectivity index (χ1) is 8.69. The molecule has 2 aromatic carbocycles. The highest BCUT2D eigenvalue weighted by atomic mass is 16.2. The lowest BCUT2D eigenvalue weighted by atomic mass is 10.1. The molecule has 0 aromatic heterocycles. The van der Waals surface area contributed by atoms with Gasteiger partial charge in [0.2, 0.25) is 5.91 Å². The number of carbonyl (C=O) groups excluding carboxylic acids is 1. The Hall–Kier alpha value is -2.07. The molecule has 0 bridgehead atoms. The van der Waals surface area contributed by atoms with Gasteiger partial charge in [-0.1, -0.05) is 30.3 Å². The number of anilines is 1. The molecule has 94 valence electrons. The molecule has 0 spiro atoms. The van der Waals surface area contributed by atoms with Crippen LogP contribution in [-0.4, -0.2) is 11.9 Å². The molecule has 0 saturated heterocycles. The lowest BCUT2D eigenvalue weighted by molar-refractivity contribution is -0.121. The molecule has 0 aliphatic rings. The van der Waals surface area contributed by atoms with Gasteiger partial charge >= 0.3 is 0 Å². The third-order valence-electron chi connectivity index (χ3n) is 2.82. The van der Waals surface area contributed by atoms with Crippen LogP contribution in [0.2, 0.25) is 0 Å². The Morgan fingerprint density at radius 2 is 1.94 bits per heavy atom. The molecule has 0 aliphatic heterocycles. The Labute approximate surface area is 106 Å². The lowest BCUT2D eigenvalue weighted by Crippen LogP contribution is -2.34. The third-order valence-corrected chi connectivity index (χ3v) is 2.82. The highest BCUT2D eigenvalue weighted by molar-refractivity contribution is 5.85. The van der Waals surface area contributed by atoms with Crippen LogP contribution in [0.15, 0.2) is 42.5 Å². The van der Waals surface area contributed by atoms with Gasteiger partial charge in [-0.15, -0.1) is 0 Å². The van der Waals surface area contributed by atoms with Crippen molar-refractivity contribution >= 4 is 22.4 Å². The fraction of sp³-hybridized carbons (Fsp3) is 0.214. The number of hydrogen-bond acceptors (Lipinski definition) is 3. The van der Waals surface area contributed by atoms with Crippen molar-refractivity contribution < 1.29 is 4.79 Å². The van der Waals surface area contributed by atoms with E-state index in [-0.39, 0.29) is 11.9 Å². The first-order valence-electron chi connectivity index (χ1n) is 5.94. The van der Waals surface area contributed by atoms with Gasteiger partial charge in [-0.3, -0.25) is 10.2 Å². The van der Waals surface area contributed by atoms with Crippen molar-refractivity contribution in [1.82, 2.24) is 5.43 Å². The summed E-state index contributed by atoms with van der Waals surface area (Å²) in [4.78, 5) is 11.1. The van der Waals surface area contributed by atoms with Gasteiger partial charge in [-0.25, -0.2) is 5.84 Å². The van der Waals surface area contributed by atoms with Crippen LogP contribution < -0.4 is 16.6 Å². The molecule has 0 unspecified atom stereocenters. The van der Waals surface area contributed by atoms with Crippen LogP contribution in [0.5, 0.6) is 0 Å². The Morgan fingerprint density at radius 3 is 2.67 bits per heavy atom. The van der Waals surface area contributed by atoms with E-state index in [0.29, 0.717) is 6.42 Å². The van der Waals surface area contributed by atoms with Crippen molar-refractivity contribution in [3.8, 4) is 0 Å². The maximum Gasteiger partial charge on any atom is 0.235 e. The zero-order valence-electron chi connectivity index (χ0n) is 10.3. The summed E-state index contributed by atoms with van der Waals surface area (Å²) in [6.45, 7) is 1.95. The molecule has 0 heterocycles. The Balaban J connectivity index is 2.09. The number of hydrazine groups is 1. The minimum absolute atomic E-state index is 0.0368. The molecule has 1 amide bonds. The highest BCUT2D eigenvalue weighted by Crippen LogP contribution is 2.19. The van der Waals surface area contributed by atoms with E-state index in [4.69, 9.17) is 5.84 Å². The van der Waals surface area contributed by atoms with Gasteiger partial charge in [0.15, 0.2) is 0 Å². The Morgan fingerprint density at radius 1 is 1.22 bits per heavy atom. The molecule has 18 heavy (non-hydrogen) atoms. The second kappa shape index (κ2) is 5.51. The largest absolute Gasteiger partial charge is 0.382 e. The minimum Gasteiger partial charge on any atom is -0.382 e. The van der Waals surface area contributed by atoms with Crippen LogP contribution in [0, 0.1) is 0 Å². The molecule has 2 aromatic rings. The summed E-state index contributed by atoms with van der Waals surface area (Å²) < 4.78 is 0. The van der Waals surface area contributed by atoms with E-state index in [1.54, 1.807) is 0 Å². The van der Waals surface area contributed by atoms with Crippen molar-refractivity contribution in [2.24, 2.45) is 5.84 Å². The Kier molecular flexibility index (Phi) is 3.79. The fourth-order valence-corrected chi connectivity index (χ4v) is 1.95. The standard InChI is InChI=1S/C14H17N3O/c1-10(8-14(18)17-15)16-13-7-6-11-4-2-3-5-12(11)9-13/h2-7,9-10,16H,8,15H2,1H3,(H,17,18)/t10-/m1/s1. The number of nitrogens with two attached hydrogens (primary N) is 1. The normalized spacial score (nSPS) is 12.1. The second-order valence-corrected chi connectivity index (χ2v) is 4.38. The molecule has 0 saturated carbocycles. The van der Waals surface area contributed by atoms with Crippen LogP contribution in [-0.2, 0) is 4.79 Å². The van der Waals surface area contributed by atoms with E-state index in [1.807, 2.05) is 25.1 Å². The van der Waals surface area contributed by atoms with E-state index in [9.17, 15) is 4.79 Å². The molecule has 0 aliphatic carbocycles. The molecule has 4 nitrogen and oxygen atoms in total.